The maximum Gasteiger partial charge on any atom is 0.347 e. The minimum absolute atomic E-state index is 0.234. The van der Waals surface area contributed by atoms with E-state index in [1.807, 2.05) is 31.2 Å². The third-order valence-electron chi connectivity index (χ3n) is 3.47. The van der Waals surface area contributed by atoms with E-state index >= 15 is 0 Å². The molecule has 1 heterocycles. The van der Waals surface area contributed by atoms with Gasteiger partial charge in [0.2, 0.25) is 0 Å². The van der Waals surface area contributed by atoms with Gasteiger partial charge in [0.05, 0.1) is 17.3 Å². The molecule has 0 saturated carbocycles. The molecule has 0 aliphatic carbocycles. The van der Waals surface area contributed by atoms with Gasteiger partial charge in [-0.3, -0.25) is 0 Å². The number of hydrogen-bond donors (Lipinski definition) is 1. The van der Waals surface area contributed by atoms with Crippen LogP contribution in [0.3, 0.4) is 0 Å². The number of thiazole rings is 1. The molecular weight excluding hydrogens is 296 g/mol. The van der Waals surface area contributed by atoms with Crippen LogP contribution in [0.1, 0.15) is 26.5 Å². The Morgan fingerprint density at radius 2 is 2.05 bits per heavy atom. The number of rotatable bonds is 2. The smallest absolute Gasteiger partial charge is 0.347 e. The normalized spacial score (nSPS) is 10.6. The van der Waals surface area contributed by atoms with Crippen LogP contribution in [0.4, 0.5) is 0 Å². The lowest BCUT2D eigenvalue weighted by molar-refractivity contribution is 0.0701. The fourth-order valence-electron chi connectivity index (χ4n) is 2.41. The van der Waals surface area contributed by atoms with Crippen molar-refractivity contribution in [3.05, 3.63) is 52.0 Å². The first-order valence-electron chi connectivity index (χ1n) is 6.65. The molecule has 0 unspecified atom stereocenters. The van der Waals surface area contributed by atoms with E-state index in [2.05, 4.69) is 11.1 Å². The monoisotopic (exact) mass is 308 g/mol. The van der Waals surface area contributed by atoms with Crippen LogP contribution >= 0.6 is 11.3 Å². The molecule has 0 atom stereocenters. The van der Waals surface area contributed by atoms with Crippen molar-refractivity contribution in [2.24, 2.45) is 0 Å². The van der Waals surface area contributed by atoms with E-state index in [9.17, 15) is 10.1 Å². The first-order valence-corrected chi connectivity index (χ1v) is 7.47. The van der Waals surface area contributed by atoms with Crippen LogP contribution in [0, 0.1) is 25.2 Å². The van der Waals surface area contributed by atoms with E-state index in [-0.39, 0.29) is 4.88 Å². The second-order valence-electron chi connectivity index (χ2n) is 5.10. The molecule has 3 rings (SSSR count). The molecule has 108 valence electrons. The minimum Gasteiger partial charge on any atom is -0.477 e. The quantitative estimate of drug-likeness (QED) is 0.771. The summed E-state index contributed by atoms with van der Waals surface area (Å²) in [4.78, 5) is 15.7. The number of aromatic carboxylic acids is 1. The van der Waals surface area contributed by atoms with Gasteiger partial charge in [0, 0.05) is 5.56 Å². The maximum atomic E-state index is 11.2. The van der Waals surface area contributed by atoms with E-state index in [4.69, 9.17) is 5.11 Å². The van der Waals surface area contributed by atoms with E-state index in [0.29, 0.717) is 16.3 Å². The summed E-state index contributed by atoms with van der Waals surface area (Å²) in [5.74, 6) is -0.974. The molecule has 1 N–H and O–H groups in total. The molecule has 0 fully saturated rings. The number of aromatic nitrogens is 1. The van der Waals surface area contributed by atoms with Gasteiger partial charge in [-0.25, -0.2) is 9.78 Å². The lowest BCUT2D eigenvalue weighted by Crippen LogP contribution is -1.94. The van der Waals surface area contributed by atoms with Gasteiger partial charge in [-0.05, 0) is 36.8 Å². The van der Waals surface area contributed by atoms with Crippen molar-refractivity contribution in [2.45, 2.75) is 13.8 Å². The summed E-state index contributed by atoms with van der Waals surface area (Å²) in [5, 5.41) is 21.0. The van der Waals surface area contributed by atoms with Crippen LogP contribution in [0.15, 0.2) is 30.3 Å². The van der Waals surface area contributed by atoms with Crippen LogP contribution < -0.4 is 0 Å². The molecule has 0 aliphatic rings. The molecule has 0 bridgehead atoms. The molecule has 2 aromatic carbocycles. The number of aryl methyl sites for hydroxylation is 2. The van der Waals surface area contributed by atoms with Crippen molar-refractivity contribution < 1.29 is 9.90 Å². The summed E-state index contributed by atoms with van der Waals surface area (Å²) in [5.41, 5.74) is 2.93. The van der Waals surface area contributed by atoms with Gasteiger partial charge in [-0.15, -0.1) is 11.3 Å². The molecule has 0 aliphatic heterocycles. The molecule has 1 aromatic heterocycles. The topological polar surface area (TPSA) is 74.0 Å². The largest absolute Gasteiger partial charge is 0.477 e. The van der Waals surface area contributed by atoms with Crippen LogP contribution in [0.2, 0.25) is 0 Å². The standard InChI is InChI=1S/C17H12N2O2S/c1-9-3-4-11-6-12(7-13(8-18)14(11)5-9)16-19-10(2)15(22-16)17(20)21/h3-7H,1-2H3,(H,20,21). The number of fused-ring (bicyclic) bond motifs is 1. The number of nitriles is 1. The summed E-state index contributed by atoms with van der Waals surface area (Å²) in [6, 6.07) is 11.9. The average molecular weight is 308 g/mol. The number of nitrogens with zero attached hydrogens (tertiary/aromatic N) is 2. The number of hydrogen-bond acceptors (Lipinski definition) is 4. The van der Waals surface area contributed by atoms with E-state index in [1.54, 1.807) is 13.0 Å². The zero-order valence-electron chi connectivity index (χ0n) is 12.0. The number of carbonyl (C=O) groups is 1. The fraction of sp³-hybridized carbons (Fsp3) is 0.118. The lowest BCUT2D eigenvalue weighted by Gasteiger charge is -2.05. The molecule has 3 aromatic rings. The Bertz CT molecular complexity index is 951. The summed E-state index contributed by atoms with van der Waals surface area (Å²) in [7, 11) is 0. The van der Waals surface area contributed by atoms with Crippen molar-refractivity contribution in [1.29, 1.82) is 5.26 Å². The van der Waals surface area contributed by atoms with Gasteiger partial charge < -0.3 is 5.11 Å². The van der Waals surface area contributed by atoms with Crippen molar-refractivity contribution in [3.63, 3.8) is 0 Å². The van der Waals surface area contributed by atoms with Gasteiger partial charge in [-0.2, -0.15) is 5.26 Å². The fourth-order valence-corrected chi connectivity index (χ4v) is 3.30. The van der Waals surface area contributed by atoms with Crippen molar-refractivity contribution in [2.75, 3.05) is 0 Å². The third kappa shape index (κ3) is 2.34. The molecule has 22 heavy (non-hydrogen) atoms. The SMILES string of the molecule is Cc1ccc2cc(-c3nc(C)c(C(=O)O)s3)cc(C#N)c2c1. The van der Waals surface area contributed by atoms with Gasteiger partial charge in [-0.1, -0.05) is 23.8 Å². The van der Waals surface area contributed by atoms with E-state index < -0.39 is 5.97 Å². The zero-order valence-corrected chi connectivity index (χ0v) is 12.9. The molecule has 0 saturated heterocycles. The van der Waals surface area contributed by atoms with Gasteiger partial charge in [0.25, 0.3) is 0 Å². The first-order chi connectivity index (χ1) is 10.5. The molecule has 0 radical (unpaired) electrons. The van der Waals surface area contributed by atoms with E-state index in [1.165, 1.54) is 0 Å². The minimum atomic E-state index is -0.974. The first kappa shape index (κ1) is 14.2. The average Bonchev–Trinajstić information content (AvgIpc) is 2.88. The predicted octanol–water partition coefficient (Wildman–Crippen LogP) is 4.15. The Balaban J connectivity index is 2.24. The highest BCUT2D eigenvalue weighted by Gasteiger charge is 2.16. The molecule has 0 amide bonds. The van der Waals surface area contributed by atoms with Gasteiger partial charge >= 0.3 is 5.97 Å². The number of carboxylic acids is 1. The van der Waals surface area contributed by atoms with Crippen molar-refractivity contribution in [1.82, 2.24) is 4.98 Å². The Morgan fingerprint density at radius 3 is 2.68 bits per heavy atom. The van der Waals surface area contributed by atoms with Crippen LogP contribution in [0.25, 0.3) is 21.3 Å². The van der Waals surface area contributed by atoms with Crippen LogP contribution in [0.5, 0.6) is 0 Å². The van der Waals surface area contributed by atoms with E-state index in [0.717, 1.165) is 33.2 Å². The van der Waals surface area contributed by atoms with Gasteiger partial charge in [0.1, 0.15) is 9.88 Å². The Hall–Kier alpha value is -2.71. The lowest BCUT2D eigenvalue weighted by atomic mass is 10.00. The summed E-state index contributed by atoms with van der Waals surface area (Å²) >= 11 is 1.13. The Kier molecular flexibility index (Phi) is 3.39. The molecule has 4 nitrogen and oxygen atoms in total. The Morgan fingerprint density at radius 1 is 1.27 bits per heavy atom. The van der Waals surface area contributed by atoms with Crippen molar-refractivity contribution in [3.8, 4) is 16.6 Å². The number of benzene rings is 2. The van der Waals surface area contributed by atoms with Crippen molar-refractivity contribution >= 4 is 28.1 Å². The summed E-state index contributed by atoms with van der Waals surface area (Å²) < 4.78 is 0. The van der Waals surface area contributed by atoms with Gasteiger partial charge in [0.15, 0.2) is 0 Å². The second-order valence-corrected chi connectivity index (χ2v) is 6.10. The molecule has 0 spiro atoms. The predicted molar refractivity (Wildman–Crippen MR) is 86.2 cm³/mol. The zero-order chi connectivity index (χ0) is 15.9. The maximum absolute atomic E-state index is 11.2. The van der Waals surface area contributed by atoms with Crippen LogP contribution in [-0.4, -0.2) is 16.1 Å². The Labute approximate surface area is 131 Å². The summed E-state index contributed by atoms with van der Waals surface area (Å²) in [6.45, 7) is 3.66. The third-order valence-corrected chi connectivity index (χ3v) is 4.66. The highest BCUT2D eigenvalue weighted by Crippen LogP contribution is 2.32. The highest BCUT2D eigenvalue weighted by atomic mass is 32.1. The highest BCUT2D eigenvalue weighted by molar-refractivity contribution is 7.17. The second kappa shape index (κ2) is 5.24. The van der Waals surface area contributed by atoms with Crippen LogP contribution in [-0.2, 0) is 0 Å². The number of carboxylic acid groups (broad SMARTS) is 1. The molecular formula is C17H12N2O2S. The molecule has 5 heteroatoms. The summed E-state index contributed by atoms with van der Waals surface area (Å²) in [6.07, 6.45) is 0.